The predicted octanol–water partition coefficient (Wildman–Crippen LogP) is 5.38. The molecule has 0 spiro atoms. The number of aryl methyl sites for hydroxylation is 1. The Morgan fingerprint density at radius 1 is 1.00 bits per heavy atom. The second-order valence-electron chi connectivity index (χ2n) is 8.35. The molecule has 0 atom stereocenters. The number of benzene rings is 3. The van der Waals surface area contributed by atoms with Gasteiger partial charge in [0.1, 0.15) is 11.3 Å². The summed E-state index contributed by atoms with van der Waals surface area (Å²) >= 11 is 12.7. The number of carbonyl (C=O) groups is 4. The third-order valence-corrected chi connectivity index (χ3v) is 6.17. The highest BCUT2D eigenvalue weighted by atomic mass is 35.5. The zero-order chi connectivity index (χ0) is 28.1. The number of nitrogens with zero attached hydrogens (tertiary/aromatic N) is 1. The van der Waals surface area contributed by atoms with Crippen LogP contribution in [0.4, 0.5) is 16.2 Å². The first-order chi connectivity index (χ1) is 18.7. The van der Waals surface area contributed by atoms with Crippen molar-refractivity contribution in [3.05, 3.63) is 87.4 Å². The molecule has 1 heterocycles. The van der Waals surface area contributed by atoms with Crippen molar-refractivity contribution in [2.24, 2.45) is 0 Å². The number of barbiturate groups is 1. The molecule has 0 saturated carbocycles. The first kappa shape index (κ1) is 27.7. The zero-order valence-corrected chi connectivity index (χ0v) is 22.4. The molecule has 9 nitrogen and oxygen atoms in total. The lowest BCUT2D eigenvalue weighted by Gasteiger charge is -2.26. The van der Waals surface area contributed by atoms with E-state index in [9.17, 15) is 19.2 Å². The first-order valence-corrected chi connectivity index (χ1v) is 12.5. The summed E-state index contributed by atoms with van der Waals surface area (Å²) in [5.74, 6) is -1.48. The molecule has 4 rings (SSSR count). The van der Waals surface area contributed by atoms with Crippen LogP contribution in [0.2, 0.25) is 10.0 Å². The van der Waals surface area contributed by atoms with Crippen molar-refractivity contribution in [3.8, 4) is 11.5 Å². The van der Waals surface area contributed by atoms with Crippen molar-refractivity contribution in [3.63, 3.8) is 0 Å². The summed E-state index contributed by atoms with van der Waals surface area (Å²) in [5, 5.41) is 5.02. The van der Waals surface area contributed by atoms with Gasteiger partial charge in [0, 0.05) is 5.69 Å². The van der Waals surface area contributed by atoms with Gasteiger partial charge in [-0.15, -0.1) is 0 Å². The van der Waals surface area contributed by atoms with Gasteiger partial charge in [-0.3, -0.25) is 19.7 Å². The number of amides is 5. The lowest BCUT2D eigenvalue weighted by molar-refractivity contribution is -0.122. The molecule has 200 valence electrons. The minimum absolute atomic E-state index is 0.0566. The van der Waals surface area contributed by atoms with Gasteiger partial charge in [-0.25, -0.2) is 9.69 Å². The second kappa shape index (κ2) is 12.0. The molecule has 0 aliphatic carbocycles. The van der Waals surface area contributed by atoms with E-state index in [4.69, 9.17) is 32.7 Å². The predicted molar refractivity (Wildman–Crippen MR) is 148 cm³/mol. The van der Waals surface area contributed by atoms with E-state index in [0.717, 1.165) is 10.5 Å². The summed E-state index contributed by atoms with van der Waals surface area (Å²) in [6.07, 6.45) is 1.26. The fraction of sp³-hybridized carbons (Fsp3) is 0.143. The maximum absolute atomic E-state index is 13.2. The van der Waals surface area contributed by atoms with E-state index < -0.39 is 23.8 Å². The Morgan fingerprint density at radius 3 is 2.31 bits per heavy atom. The van der Waals surface area contributed by atoms with Crippen molar-refractivity contribution in [2.75, 3.05) is 23.4 Å². The summed E-state index contributed by atoms with van der Waals surface area (Å²) < 4.78 is 10.9. The van der Waals surface area contributed by atoms with Gasteiger partial charge in [-0.05, 0) is 73.5 Å². The Morgan fingerprint density at radius 2 is 1.67 bits per heavy atom. The smallest absolute Gasteiger partial charge is 0.335 e. The summed E-state index contributed by atoms with van der Waals surface area (Å²) in [4.78, 5) is 51.3. The second-order valence-corrected chi connectivity index (χ2v) is 9.16. The van der Waals surface area contributed by atoms with Crippen molar-refractivity contribution in [1.82, 2.24) is 5.32 Å². The average molecular weight is 568 g/mol. The Labute approximate surface area is 234 Å². The fourth-order valence-electron chi connectivity index (χ4n) is 3.75. The molecule has 1 fully saturated rings. The highest BCUT2D eigenvalue weighted by molar-refractivity contribution is 6.40. The Hall–Kier alpha value is -4.34. The number of ether oxygens (including phenoxy) is 2. The molecule has 5 amide bonds. The van der Waals surface area contributed by atoms with Crippen molar-refractivity contribution < 1.29 is 28.7 Å². The Bertz CT molecular complexity index is 1460. The molecule has 1 aliphatic rings. The molecular weight excluding hydrogens is 545 g/mol. The van der Waals surface area contributed by atoms with E-state index in [-0.39, 0.29) is 33.7 Å². The van der Waals surface area contributed by atoms with Gasteiger partial charge in [-0.2, -0.15) is 0 Å². The summed E-state index contributed by atoms with van der Waals surface area (Å²) in [7, 11) is 0. The number of nitrogens with one attached hydrogen (secondary N) is 2. The molecule has 0 unspecified atom stereocenters. The normalized spacial score (nSPS) is 14.3. The summed E-state index contributed by atoms with van der Waals surface area (Å²) in [6, 6.07) is 15.5. The van der Waals surface area contributed by atoms with Crippen molar-refractivity contribution >= 4 is 64.4 Å². The molecule has 1 saturated heterocycles. The quantitative estimate of drug-likeness (QED) is 0.279. The summed E-state index contributed by atoms with van der Waals surface area (Å²) in [5.41, 5.74) is 1.80. The SMILES string of the molecule is CCOc1ccc(N2C(=O)NC(=O)/C(=C\c3cc(Cl)c(OCC(=O)Nc4ccccc4C)c(Cl)c3)C2=O)cc1. The van der Waals surface area contributed by atoms with Crippen LogP contribution in [-0.4, -0.2) is 37.0 Å². The summed E-state index contributed by atoms with van der Waals surface area (Å²) in [6.45, 7) is 3.80. The van der Waals surface area contributed by atoms with Gasteiger partial charge in [0.25, 0.3) is 17.7 Å². The van der Waals surface area contributed by atoms with Crippen LogP contribution in [-0.2, 0) is 14.4 Å². The van der Waals surface area contributed by atoms with E-state index in [1.54, 1.807) is 24.3 Å². The monoisotopic (exact) mass is 567 g/mol. The average Bonchev–Trinajstić information content (AvgIpc) is 2.88. The highest BCUT2D eigenvalue weighted by Gasteiger charge is 2.36. The molecule has 11 heteroatoms. The lowest BCUT2D eigenvalue weighted by Crippen LogP contribution is -2.54. The number of imide groups is 2. The van der Waals surface area contributed by atoms with Crippen LogP contribution in [0, 0.1) is 6.92 Å². The lowest BCUT2D eigenvalue weighted by atomic mass is 10.1. The maximum Gasteiger partial charge on any atom is 0.335 e. The van der Waals surface area contributed by atoms with Crippen LogP contribution in [0.5, 0.6) is 11.5 Å². The number of anilines is 2. The highest BCUT2D eigenvalue weighted by Crippen LogP contribution is 2.35. The molecule has 3 aromatic rings. The molecule has 1 aliphatic heterocycles. The van der Waals surface area contributed by atoms with Gasteiger partial charge in [0.05, 0.1) is 22.3 Å². The molecule has 39 heavy (non-hydrogen) atoms. The number of urea groups is 1. The maximum atomic E-state index is 13.2. The third kappa shape index (κ3) is 6.39. The number of para-hydroxylation sites is 1. The van der Waals surface area contributed by atoms with E-state index >= 15 is 0 Å². The van der Waals surface area contributed by atoms with Crippen LogP contribution < -0.4 is 25.0 Å². The molecule has 0 bridgehead atoms. The van der Waals surface area contributed by atoms with Gasteiger partial charge in [-0.1, -0.05) is 41.4 Å². The van der Waals surface area contributed by atoms with Crippen LogP contribution in [0.1, 0.15) is 18.1 Å². The number of halogens is 2. The van der Waals surface area contributed by atoms with Crippen LogP contribution >= 0.6 is 23.2 Å². The number of carbonyl (C=O) groups excluding carboxylic acids is 4. The van der Waals surface area contributed by atoms with Gasteiger partial charge < -0.3 is 14.8 Å². The minimum Gasteiger partial charge on any atom is -0.494 e. The van der Waals surface area contributed by atoms with Gasteiger partial charge in [0.2, 0.25) is 0 Å². The first-order valence-electron chi connectivity index (χ1n) is 11.8. The van der Waals surface area contributed by atoms with Crippen LogP contribution in [0.3, 0.4) is 0 Å². The van der Waals surface area contributed by atoms with Crippen molar-refractivity contribution in [1.29, 1.82) is 0 Å². The molecule has 0 aromatic heterocycles. The molecule has 2 N–H and O–H groups in total. The Balaban J connectivity index is 1.51. The fourth-order valence-corrected chi connectivity index (χ4v) is 4.37. The molecular formula is C28H23Cl2N3O6. The number of hydrogen-bond acceptors (Lipinski definition) is 6. The minimum atomic E-state index is -0.880. The third-order valence-electron chi connectivity index (χ3n) is 5.61. The Kier molecular flexibility index (Phi) is 8.53. The standard InChI is InChI=1S/C28H23Cl2N3O6/c1-3-38-19-10-8-18(9-11-19)33-27(36)20(26(35)32-28(33)37)12-17-13-21(29)25(22(30)14-17)39-15-24(34)31-23-7-5-4-6-16(23)2/h4-14H,3,15H2,1-2H3,(H,31,34)(H,32,35,37)/b20-12+. The topological polar surface area (TPSA) is 114 Å². The number of hydrogen-bond donors (Lipinski definition) is 2. The number of rotatable bonds is 8. The van der Waals surface area contributed by atoms with E-state index in [1.807, 2.05) is 26.0 Å². The van der Waals surface area contributed by atoms with Crippen molar-refractivity contribution in [2.45, 2.75) is 13.8 Å². The van der Waals surface area contributed by atoms with Crippen LogP contribution in [0.25, 0.3) is 6.08 Å². The van der Waals surface area contributed by atoms with E-state index in [0.29, 0.717) is 23.6 Å². The van der Waals surface area contributed by atoms with Gasteiger partial charge in [0.15, 0.2) is 12.4 Å². The van der Waals surface area contributed by atoms with Gasteiger partial charge >= 0.3 is 6.03 Å². The largest absolute Gasteiger partial charge is 0.494 e. The zero-order valence-electron chi connectivity index (χ0n) is 20.9. The van der Waals surface area contributed by atoms with E-state index in [2.05, 4.69) is 10.6 Å². The molecule has 3 aromatic carbocycles. The molecule has 0 radical (unpaired) electrons. The van der Waals surface area contributed by atoms with E-state index in [1.165, 1.54) is 30.3 Å². The van der Waals surface area contributed by atoms with Crippen LogP contribution in [0.15, 0.2) is 66.2 Å².